The van der Waals surface area contributed by atoms with Gasteiger partial charge in [-0.25, -0.2) is 0 Å². The van der Waals surface area contributed by atoms with E-state index in [1.807, 2.05) is 11.8 Å². The summed E-state index contributed by atoms with van der Waals surface area (Å²) in [4.78, 5) is 19.1. The molecular weight excluding hydrogens is 270 g/mol. The first-order chi connectivity index (χ1) is 10.2. The van der Waals surface area contributed by atoms with E-state index in [1.165, 1.54) is 6.42 Å². The largest absolute Gasteiger partial charge is 0.381 e. The molecule has 3 heterocycles. The fourth-order valence-electron chi connectivity index (χ4n) is 4.29. The number of hydrogen-bond donors (Lipinski definition) is 0. The van der Waals surface area contributed by atoms with Gasteiger partial charge in [-0.2, -0.15) is 4.98 Å². The fourth-order valence-corrected chi connectivity index (χ4v) is 4.29. The van der Waals surface area contributed by atoms with Gasteiger partial charge in [-0.15, -0.1) is 0 Å². The van der Waals surface area contributed by atoms with Crippen LogP contribution in [0.5, 0.6) is 0 Å². The van der Waals surface area contributed by atoms with Crippen molar-refractivity contribution in [2.75, 3.05) is 26.3 Å². The Morgan fingerprint density at radius 1 is 1.43 bits per heavy atom. The minimum atomic E-state index is -0.101. The van der Waals surface area contributed by atoms with E-state index in [0.717, 1.165) is 38.2 Å². The molecular formula is C15H21N3O3. The van der Waals surface area contributed by atoms with Crippen LogP contribution in [0.3, 0.4) is 0 Å². The molecule has 0 unspecified atom stereocenters. The predicted octanol–water partition coefficient (Wildman–Crippen LogP) is 1.29. The molecule has 1 aromatic rings. The number of carbonyl (C=O) groups is 1. The van der Waals surface area contributed by atoms with Gasteiger partial charge in [-0.1, -0.05) is 11.6 Å². The van der Waals surface area contributed by atoms with E-state index >= 15 is 0 Å². The molecule has 4 rings (SSSR count). The van der Waals surface area contributed by atoms with Gasteiger partial charge in [-0.05, 0) is 32.1 Å². The molecule has 1 aromatic heterocycles. The van der Waals surface area contributed by atoms with Gasteiger partial charge >= 0.3 is 0 Å². The highest BCUT2D eigenvalue weighted by Crippen LogP contribution is 2.50. The predicted molar refractivity (Wildman–Crippen MR) is 73.6 cm³/mol. The number of aromatic nitrogens is 2. The quantitative estimate of drug-likeness (QED) is 0.821. The van der Waals surface area contributed by atoms with Crippen LogP contribution in [-0.4, -0.2) is 47.3 Å². The molecule has 0 radical (unpaired) electrons. The summed E-state index contributed by atoms with van der Waals surface area (Å²) in [5.74, 6) is 2.17. The molecule has 0 bridgehead atoms. The van der Waals surface area contributed by atoms with E-state index in [2.05, 4.69) is 10.1 Å². The molecule has 21 heavy (non-hydrogen) atoms. The summed E-state index contributed by atoms with van der Waals surface area (Å²) < 4.78 is 10.8. The molecule has 6 nitrogen and oxygen atoms in total. The Kier molecular flexibility index (Phi) is 3.03. The third-order valence-corrected chi connectivity index (χ3v) is 5.41. The normalized spacial score (nSPS) is 35.4. The number of hydrogen-bond acceptors (Lipinski definition) is 5. The number of rotatable bonds is 2. The third kappa shape index (κ3) is 1.99. The van der Waals surface area contributed by atoms with E-state index in [1.54, 1.807) is 0 Å². The Morgan fingerprint density at radius 2 is 2.33 bits per heavy atom. The second kappa shape index (κ2) is 4.80. The maximum absolute atomic E-state index is 12.6. The van der Waals surface area contributed by atoms with Gasteiger partial charge in [0.05, 0.1) is 17.9 Å². The number of ether oxygens (including phenoxy) is 1. The molecule has 3 atom stereocenters. The lowest BCUT2D eigenvalue weighted by atomic mass is 9.80. The molecule has 3 aliphatic rings. The van der Waals surface area contributed by atoms with Crippen molar-refractivity contribution in [3.8, 4) is 0 Å². The summed E-state index contributed by atoms with van der Waals surface area (Å²) in [5, 5.41) is 3.95. The maximum atomic E-state index is 12.6. The van der Waals surface area contributed by atoms with Crippen molar-refractivity contribution in [2.24, 2.45) is 11.8 Å². The number of nitrogens with zero attached hydrogens (tertiary/aromatic N) is 3. The smallest absolute Gasteiger partial charge is 0.234 e. The summed E-state index contributed by atoms with van der Waals surface area (Å²) in [6.45, 7) is 4.70. The Bertz CT molecular complexity index is 552. The molecule has 1 amide bonds. The van der Waals surface area contributed by atoms with E-state index < -0.39 is 0 Å². The van der Waals surface area contributed by atoms with Gasteiger partial charge in [-0.3, -0.25) is 4.79 Å². The minimum absolute atomic E-state index is 0.0466. The van der Waals surface area contributed by atoms with E-state index in [4.69, 9.17) is 9.26 Å². The summed E-state index contributed by atoms with van der Waals surface area (Å²) in [6.07, 6.45) is 4.23. The maximum Gasteiger partial charge on any atom is 0.234 e. The summed E-state index contributed by atoms with van der Waals surface area (Å²) in [7, 11) is 0. The number of amides is 1. The zero-order valence-corrected chi connectivity index (χ0v) is 12.4. The molecule has 0 aromatic carbocycles. The molecule has 3 fully saturated rings. The second-order valence-electron chi connectivity index (χ2n) is 6.67. The zero-order valence-electron chi connectivity index (χ0n) is 12.4. The zero-order chi connectivity index (χ0) is 14.4. The number of fused-ring (bicyclic) bond motifs is 1. The Hall–Kier alpha value is -1.43. The van der Waals surface area contributed by atoms with Crippen LogP contribution in [-0.2, 0) is 14.9 Å². The van der Waals surface area contributed by atoms with Gasteiger partial charge < -0.3 is 14.2 Å². The van der Waals surface area contributed by atoms with Crippen LogP contribution in [0.1, 0.15) is 37.4 Å². The van der Waals surface area contributed by atoms with Crippen LogP contribution >= 0.6 is 0 Å². The SMILES string of the molecule is Cc1noc([C@]23CCC[C@H]2CN(C(=O)[C@H]2CCOC2)C3)n1. The van der Waals surface area contributed by atoms with Gasteiger partial charge in [0.2, 0.25) is 11.8 Å². The average Bonchev–Trinajstić information content (AvgIpc) is 3.21. The van der Waals surface area contributed by atoms with Gasteiger partial charge in [0.25, 0.3) is 0 Å². The average molecular weight is 291 g/mol. The molecule has 6 heteroatoms. The van der Waals surface area contributed by atoms with E-state index in [0.29, 0.717) is 25.0 Å². The van der Waals surface area contributed by atoms with Crippen molar-refractivity contribution in [2.45, 2.75) is 38.0 Å². The first-order valence-electron chi connectivity index (χ1n) is 7.86. The van der Waals surface area contributed by atoms with Crippen LogP contribution in [0.4, 0.5) is 0 Å². The minimum Gasteiger partial charge on any atom is -0.381 e. The number of carbonyl (C=O) groups excluding carboxylic acids is 1. The molecule has 2 aliphatic heterocycles. The van der Waals surface area contributed by atoms with Crippen LogP contribution < -0.4 is 0 Å². The monoisotopic (exact) mass is 291 g/mol. The Labute approximate surface area is 123 Å². The summed E-state index contributed by atoms with van der Waals surface area (Å²) in [6, 6.07) is 0. The van der Waals surface area contributed by atoms with Crippen molar-refractivity contribution in [3.05, 3.63) is 11.7 Å². The lowest BCUT2D eigenvalue weighted by Crippen LogP contribution is -2.38. The summed E-state index contributed by atoms with van der Waals surface area (Å²) in [5.41, 5.74) is -0.101. The second-order valence-corrected chi connectivity index (χ2v) is 6.67. The fraction of sp³-hybridized carbons (Fsp3) is 0.800. The van der Waals surface area contributed by atoms with Crippen molar-refractivity contribution < 1.29 is 14.1 Å². The first-order valence-corrected chi connectivity index (χ1v) is 7.86. The molecule has 114 valence electrons. The first kappa shape index (κ1) is 13.2. The Balaban J connectivity index is 1.58. The number of likely N-dealkylation sites (tertiary alicyclic amines) is 1. The van der Waals surface area contributed by atoms with E-state index in [-0.39, 0.29) is 17.2 Å². The molecule has 0 spiro atoms. The van der Waals surface area contributed by atoms with Crippen molar-refractivity contribution >= 4 is 5.91 Å². The summed E-state index contributed by atoms with van der Waals surface area (Å²) >= 11 is 0. The Morgan fingerprint density at radius 3 is 3.05 bits per heavy atom. The molecule has 1 saturated carbocycles. The highest BCUT2D eigenvalue weighted by atomic mass is 16.5. The van der Waals surface area contributed by atoms with Crippen molar-refractivity contribution in [1.29, 1.82) is 0 Å². The van der Waals surface area contributed by atoms with Crippen molar-refractivity contribution in [3.63, 3.8) is 0 Å². The molecule has 2 saturated heterocycles. The van der Waals surface area contributed by atoms with Crippen LogP contribution in [0.15, 0.2) is 4.52 Å². The van der Waals surface area contributed by atoms with Crippen LogP contribution in [0.25, 0.3) is 0 Å². The van der Waals surface area contributed by atoms with Crippen LogP contribution in [0, 0.1) is 18.8 Å². The molecule has 0 N–H and O–H groups in total. The third-order valence-electron chi connectivity index (χ3n) is 5.41. The number of aryl methyl sites for hydroxylation is 1. The highest BCUT2D eigenvalue weighted by Gasteiger charge is 2.55. The molecule has 1 aliphatic carbocycles. The van der Waals surface area contributed by atoms with E-state index in [9.17, 15) is 4.79 Å². The van der Waals surface area contributed by atoms with Gasteiger partial charge in [0, 0.05) is 19.7 Å². The lowest BCUT2D eigenvalue weighted by molar-refractivity contribution is -0.134. The lowest BCUT2D eigenvalue weighted by Gasteiger charge is -2.25. The standard InChI is InChI=1S/C15H21N3O3/c1-10-16-14(21-17-10)15-5-2-3-12(15)7-18(9-15)13(19)11-4-6-20-8-11/h11-12H,2-9H2,1H3/t11-,12-,15-/m0/s1. The van der Waals surface area contributed by atoms with Crippen LogP contribution in [0.2, 0.25) is 0 Å². The van der Waals surface area contributed by atoms with Crippen molar-refractivity contribution in [1.82, 2.24) is 15.0 Å². The topological polar surface area (TPSA) is 68.5 Å². The van der Waals surface area contributed by atoms with Gasteiger partial charge in [0.1, 0.15) is 0 Å². The highest BCUT2D eigenvalue weighted by molar-refractivity contribution is 5.79. The van der Waals surface area contributed by atoms with Gasteiger partial charge in [0.15, 0.2) is 5.82 Å².